The second-order valence-electron chi connectivity index (χ2n) is 13.6. The van der Waals surface area contributed by atoms with Crippen molar-refractivity contribution in [2.24, 2.45) is 5.92 Å². The van der Waals surface area contributed by atoms with E-state index in [1.165, 1.54) is 23.4 Å². The molecule has 9 nitrogen and oxygen atoms in total. The van der Waals surface area contributed by atoms with Crippen LogP contribution in [0.1, 0.15) is 95.4 Å². The maximum Gasteiger partial charge on any atom is 0.410 e. The summed E-state index contributed by atoms with van der Waals surface area (Å²) in [5, 5.41) is 14.0. The summed E-state index contributed by atoms with van der Waals surface area (Å²) < 4.78 is 43.2. The van der Waals surface area contributed by atoms with Gasteiger partial charge in [0.1, 0.15) is 17.7 Å². The Morgan fingerprint density at radius 2 is 1.96 bits per heavy atom. The van der Waals surface area contributed by atoms with Crippen molar-refractivity contribution in [2.45, 2.75) is 95.6 Å². The average Bonchev–Trinajstić information content (AvgIpc) is 3.85. The van der Waals surface area contributed by atoms with Crippen LogP contribution >= 0.6 is 0 Å². The van der Waals surface area contributed by atoms with Crippen molar-refractivity contribution in [3.63, 3.8) is 0 Å². The molecule has 1 aliphatic carbocycles. The van der Waals surface area contributed by atoms with E-state index in [-0.39, 0.29) is 37.5 Å². The molecule has 47 heavy (non-hydrogen) atoms. The van der Waals surface area contributed by atoms with E-state index >= 15 is 8.78 Å². The molecular formula is C36H44F2N6O3. The van der Waals surface area contributed by atoms with Crippen molar-refractivity contribution in [3.05, 3.63) is 66.0 Å². The van der Waals surface area contributed by atoms with E-state index in [0.717, 1.165) is 37.7 Å². The van der Waals surface area contributed by atoms with Crippen LogP contribution in [-0.2, 0) is 16.1 Å². The molecule has 1 N–H and O–H groups in total. The number of hydrogen-bond acceptors (Lipinski definition) is 8. The second kappa shape index (κ2) is 13.8. The number of nitrogens with one attached hydrogen (secondary N) is 1. The molecule has 0 bridgehead atoms. The largest absolute Gasteiger partial charge is 0.477 e. The fourth-order valence-electron chi connectivity index (χ4n) is 5.96. The summed E-state index contributed by atoms with van der Waals surface area (Å²) >= 11 is 0. The van der Waals surface area contributed by atoms with E-state index in [1.807, 2.05) is 25.1 Å². The number of amides is 1. The van der Waals surface area contributed by atoms with E-state index in [0.29, 0.717) is 34.9 Å². The number of benzene rings is 1. The minimum Gasteiger partial charge on any atom is -0.477 e. The van der Waals surface area contributed by atoms with Crippen LogP contribution in [0.15, 0.2) is 49.3 Å². The molecule has 0 spiro atoms. The first-order valence-electron chi connectivity index (χ1n) is 16.4. The van der Waals surface area contributed by atoms with Gasteiger partial charge in [-0.05, 0) is 90.3 Å². The molecule has 1 atom stereocenters. The Morgan fingerprint density at radius 3 is 2.62 bits per heavy atom. The number of ether oxygens (including phenoxy) is 2. The molecule has 11 heteroatoms. The number of carbonyl (C=O) groups is 1. The monoisotopic (exact) mass is 646 g/mol. The first-order valence-corrected chi connectivity index (χ1v) is 16.4. The predicted molar refractivity (Wildman–Crippen MR) is 176 cm³/mol. The average molecular weight is 647 g/mol. The Morgan fingerprint density at radius 1 is 1.21 bits per heavy atom. The van der Waals surface area contributed by atoms with E-state index < -0.39 is 28.9 Å². The summed E-state index contributed by atoms with van der Waals surface area (Å²) in [5.41, 5.74) is 0.462. The molecule has 2 fully saturated rings. The van der Waals surface area contributed by atoms with Crippen molar-refractivity contribution in [2.75, 3.05) is 25.0 Å². The fraction of sp³-hybridized carbons (Fsp3) is 0.528. The number of hydrogen-bond donors (Lipinski definition) is 1. The molecule has 250 valence electrons. The first-order chi connectivity index (χ1) is 22.4. The fourth-order valence-corrected chi connectivity index (χ4v) is 5.96. The maximum atomic E-state index is 15.9. The van der Waals surface area contributed by atoms with Gasteiger partial charge in [-0.3, -0.25) is 0 Å². The van der Waals surface area contributed by atoms with Crippen molar-refractivity contribution >= 4 is 22.9 Å². The minimum absolute atomic E-state index is 0.0598. The summed E-state index contributed by atoms with van der Waals surface area (Å²) in [6.45, 7) is 11.9. The highest BCUT2D eigenvalue weighted by Crippen LogP contribution is 2.51. The number of carbonyl (C=O) groups excluding carboxylic acids is 1. The van der Waals surface area contributed by atoms with Crippen molar-refractivity contribution in [3.8, 4) is 11.9 Å². The topological polar surface area (TPSA) is 113 Å². The van der Waals surface area contributed by atoms with Gasteiger partial charge < -0.3 is 19.7 Å². The number of nitrogens with zero attached hydrogens (tertiary/aromatic N) is 5. The van der Waals surface area contributed by atoms with Crippen LogP contribution in [0.3, 0.4) is 0 Å². The zero-order valence-corrected chi connectivity index (χ0v) is 27.7. The van der Waals surface area contributed by atoms with Crippen LogP contribution in [0, 0.1) is 17.2 Å². The lowest BCUT2D eigenvalue weighted by Gasteiger charge is -2.36. The van der Waals surface area contributed by atoms with Crippen molar-refractivity contribution in [1.82, 2.24) is 19.9 Å². The maximum absolute atomic E-state index is 15.9. The van der Waals surface area contributed by atoms with Gasteiger partial charge in [0.25, 0.3) is 5.92 Å². The quantitative estimate of drug-likeness (QED) is 0.155. The van der Waals surface area contributed by atoms with Gasteiger partial charge in [0, 0.05) is 36.2 Å². The van der Waals surface area contributed by atoms with Gasteiger partial charge in [0.05, 0.1) is 23.5 Å². The second-order valence-corrected chi connectivity index (χ2v) is 13.6. The van der Waals surface area contributed by atoms with Gasteiger partial charge in [-0.2, -0.15) is 10.2 Å². The standard InChI is InChI=1S/C36H44F2N6O3/c1-6-7-8-9-19-46-32-29(35(22-39)15-16-35)21-28-30(40-23-41-31(28)43-32)42-24(2)25-11-10-12-27(20-25)36(37,38)26-13-17-44(18-14-26)33(45)47-34(3,4)5/h6,10-12,20-21,23-24,26H,1,7-9,13-19H2,2-5H3,(H,40,41,42,43)/t24-/m1/s1. The number of piperidine rings is 1. The molecule has 1 saturated heterocycles. The van der Waals surface area contributed by atoms with Crippen LogP contribution in [0.2, 0.25) is 0 Å². The smallest absolute Gasteiger partial charge is 0.410 e. The Labute approximate surface area is 275 Å². The number of nitriles is 1. The van der Waals surface area contributed by atoms with Crippen LogP contribution in [0.25, 0.3) is 11.0 Å². The molecule has 1 saturated carbocycles. The number of alkyl halides is 2. The van der Waals surface area contributed by atoms with E-state index in [9.17, 15) is 10.1 Å². The zero-order valence-electron chi connectivity index (χ0n) is 27.7. The molecule has 1 aromatic carbocycles. The van der Waals surface area contributed by atoms with Crippen molar-refractivity contribution in [1.29, 1.82) is 5.26 Å². The third-order valence-electron chi connectivity index (χ3n) is 8.89. The highest BCUT2D eigenvalue weighted by Gasteiger charge is 2.48. The van der Waals surface area contributed by atoms with Gasteiger partial charge >= 0.3 is 6.09 Å². The molecule has 0 unspecified atom stereocenters. The lowest BCUT2D eigenvalue weighted by atomic mass is 9.85. The SMILES string of the molecule is C=CCCCCOc1nc2ncnc(N[C@H](C)c3cccc(C(F)(F)C4CCN(C(=O)OC(C)(C)C)CC4)c3)c2cc1C1(C#N)CC1. The number of halogens is 2. The third kappa shape index (κ3) is 7.80. The third-order valence-corrected chi connectivity index (χ3v) is 8.89. The summed E-state index contributed by atoms with van der Waals surface area (Å²) in [6, 6.07) is 10.4. The predicted octanol–water partition coefficient (Wildman–Crippen LogP) is 8.23. The zero-order chi connectivity index (χ0) is 33.8. The molecule has 2 aromatic heterocycles. The molecule has 3 heterocycles. The number of allylic oxidation sites excluding steroid dienone is 1. The highest BCUT2D eigenvalue weighted by atomic mass is 19.3. The van der Waals surface area contributed by atoms with Crippen LogP contribution in [0.5, 0.6) is 5.88 Å². The van der Waals surface area contributed by atoms with Gasteiger partial charge in [-0.15, -0.1) is 6.58 Å². The number of pyridine rings is 1. The molecule has 0 radical (unpaired) electrons. The Balaban J connectivity index is 1.32. The summed E-state index contributed by atoms with van der Waals surface area (Å²) in [6.07, 6.45) is 7.30. The Hall–Kier alpha value is -4.33. The molecule has 1 aliphatic heterocycles. The molecule has 3 aromatic rings. The highest BCUT2D eigenvalue weighted by molar-refractivity contribution is 5.88. The number of fused-ring (bicyclic) bond motifs is 1. The number of unbranched alkanes of at least 4 members (excludes halogenated alkanes) is 2. The van der Waals surface area contributed by atoms with Crippen LogP contribution < -0.4 is 10.1 Å². The summed E-state index contributed by atoms with van der Waals surface area (Å²) in [7, 11) is 0. The van der Waals surface area contributed by atoms with Crippen molar-refractivity contribution < 1.29 is 23.0 Å². The normalized spacial score (nSPS) is 17.1. The lowest BCUT2D eigenvalue weighted by molar-refractivity contribution is -0.0861. The Kier molecular flexibility index (Phi) is 9.99. The number of anilines is 1. The Bertz CT molecular complexity index is 1640. The summed E-state index contributed by atoms with van der Waals surface area (Å²) in [5.74, 6) is -3.06. The first kappa shape index (κ1) is 34.0. The van der Waals surface area contributed by atoms with Crippen LogP contribution in [0.4, 0.5) is 19.4 Å². The van der Waals surface area contributed by atoms with Gasteiger partial charge in [0.2, 0.25) is 5.88 Å². The minimum atomic E-state index is -3.08. The summed E-state index contributed by atoms with van der Waals surface area (Å²) in [4.78, 5) is 27.5. The molecule has 2 aliphatic rings. The van der Waals surface area contributed by atoms with E-state index in [1.54, 1.807) is 26.8 Å². The van der Waals surface area contributed by atoms with Crippen LogP contribution in [-0.4, -0.2) is 51.2 Å². The number of rotatable bonds is 12. The number of aromatic nitrogens is 3. The van der Waals surface area contributed by atoms with Gasteiger partial charge in [0.15, 0.2) is 5.65 Å². The molecule has 1 amide bonds. The molecule has 5 rings (SSSR count). The van der Waals surface area contributed by atoms with E-state index in [2.05, 4.69) is 27.9 Å². The van der Waals surface area contributed by atoms with Gasteiger partial charge in [-0.1, -0.05) is 24.3 Å². The van der Waals surface area contributed by atoms with Gasteiger partial charge in [-0.25, -0.2) is 23.5 Å². The number of likely N-dealkylation sites (tertiary alicyclic amines) is 1. The molecular weight excluding hydrogens is 602 g/mol. The lowest BCUT2D eigenvalue weighted by Crippen LogP contribution is -2.44. The van der Waals surface area contributed by atoms with E-state index in [4.69, 9.17) is 14.5 Å².